The average molecular weight is 596 g/mol. The van der Waals surface area contributed by atoms with Crippen LogP contribution in [0.5, 0.6) is 0 Å². The summed E-state index contributed by atoms with van der Waals surface area (Å²) in [5.74, 6) is -2.66. The number of halogens is 1. The van der Waals surface area contributed by atoms with Gasteiger partial charge in [-0.1, -0.05) is 30.3 Å². The Kier molecular flexibility index (Phi) is 9.24. The van der Waals surface area contributed by atoms with E-state index in [1.807, 2.05) is 4.90 Å². The molecular weight excluding hydrogens is 565 g/mol. The normalized spacial score (nSPS) is 13.6. The molecule has 1 fully saturated rings. The number of anilines is 2. The number of rotatable bonds is 9. The molecule has 3 aromatic carbocycles. The zero-order valence-corrected chi connectivity index (χ0v) is 23.7. The summed E-state index contributed by atoms with van der Waals surface area (Å²) in [5.41, 5.74) is 2.62. The summed E-state index contributed by atoms with van der Waals surface area (Å²) < 4.78 is 13.5. The third-order valence-corrected chi connectivity index (χ3v) is 7.32. The number of piperazine rings is 1. The predicted molar refractivity (Wildman–Crippen MR) is 162 cm³/mol. The van der Waals surface area contributed by atoms with Gasteiger partial charge in [0.15, 0.2) is 0 Å². The number of aromatic nitrogens is 1. The Balaban J connectivity index is 1.38. The highest BCUT2D eigenvalue weighted by atomic mass is 19.1. The van der Waals surface area contributed by atoms with Gasteiger partial charge in [0.1, 0.15) is 5.82 Å². The summed E-state index contributed by atoms with van der Waals surface area (Å²) in [4.78, 5) is 58.8. The molecule has 0 aliphatic carbocycles. The van der Waals surface area contributed by atoms with Crippen LogP contribution in [0, 0.1) is 5.82 Å². The van der Waals surface area contributed by atoms with Gasteiger partial charge in [-0.15, -0.1) is 0 Å². The number of carboxylic acids is 1. The van der Waals surface area contributed by atoms with E-state index in [2.05, 4.69) is 15.6 Å². The van der Waals surface area contributed by atoms with Crippen LogP contribution in [0.15, 0.2) is 97.3 Å². The van der Waals surface area contributed by atoms with Crippen molar-refractivity contribution in [1.29, 1.82) is 0 Å². The summed E-state index contributed by atoms with van der Waals surface area (Å²) in [6.07, 6.45) is 2.74. The molecule has 2 heterocycles. The minimum Gasteiger partial charge on any atom is -0.481 e. The Labute approximate surface area is 253 Å². The highest BCUT2D eigenvalue weighted by Crippen LogP contribution is 2.30. The van der Waals surface area contributed by atoms with E-state index in [0.29, 0.717) is 54.2 Å². The third kappa shape index (κ3) is 7.24. The van der Waals surface area contributed by atoms with Gasteiger partial charge < -0.3 is 25.5 Å². The molecule has 0 saturated carbocycles. The molecule has 224 valence electrons. The maximum Gasteiger partial charge on any atom is 0.305 e. The minimum absolute atomic E-state index is 0.112. The number of benzene rings is 3. The summed E-state index contributed by atoms with van der Waals surface area (Å²) in [6.45, 7) is 1.85. The number of carbonyl (C=O) groups is 4. The van der Waals surface area contributed by atoms with Crippen molar-refractivity contribution in [2.24, 2.45) is 0 Å². The summed E-state index contributed by atoms with van der Waals surface area (Å²) >= 11 is 0. The Hall–Kier alpha value is -5.58. The number of nitrogens with one attached hydrogen (secondary N) is 2. The van der Waals surface area contributed by atoms with Gasteiger partial charge in [-0.25, -0.2) is 4.39 Å². The first-order valence-electron chi connectivity index (χ1n) is 14.0. The summed E-state index contributed by atoms with van der Waals surface area (Å²) in [6, 6.07) is 21.3. The summed E-state index contributed by atoms with van der Waals surface area (Å²) in [7, 11) is 0. The molecule has 0 spiro atoms. The second kappa shape index (κ2) is 13.6. The van der Waals surface area contributed by atoms with Gasteiger partial charge in [0, 0.05) is 49.7 Å². The van der Waals surface area contributed by atoms with Gasteiger partial charge in [0.05, 0.1) is 29.4 Å². The number of hydrogen-bond acceptors (Lipinski definition) is 6. The number of aliphatic carboxylic acids is 1. The maximum atomic E-state index is 13.5. The SMILES string of the molecule is O=C(O)CC(NC(=O)c1ccc(N2CCN(C(=O)c3cccnc3)CC2)c(NC(=O)c2ccccc2)c1)c1ccc(F)cc1. The first-order valence-corrected chi connectivity index (χ1v) is 14.0. The first kappa shape index (κ1) is 29.9. The molecule has 1 saturated heterocycles. The molecule has 5 rings (SSSR count). The van der Waals surface area contributed by atoms with Crippen LogP contribution >= 0.6 is 0 Å². The Morgan fingerprint density at radius 1 is 0.818 bits per heavy atom. The lowest BCUT2D eigenvalue weighted by Gasteiger charge is -2.37. The van der Waals surface area contributed by atoms with Crippen molar-refractivity contribution < 1.29 is 28.7 Å². The lowest BCUT2D eigenvalue weighted by molar-refractivity contribution is -0.137. The average Bonchev–Trinajstić information content (AvgIpc) is 3.05. The highest BCUT2D eigenvalue weighted by molar-refractivity contribution is 6.07. The van der Waals surface area contributed by atoms with E-state index in [9.17, 15) is 28.7 Å². The second-order valence-electron chi connectivity index (χ2n) is 10.2. The van der Waals surface area contributed by atoms with Gasteiger partial charge in [-0.3, -0.25) is 24.2 Å². The molecule has 3 N–H and O–H groups in total. The van der Waals surface area contributed by atoms with Crippen molar-refractivity contribution in [3.63, 3.8) is 0 Å². The standard InChI is InChI=1S/C33H30FN5O5/c34-26-11-8-22(9-12-26)27(20-30(40)41)36-32(43)24-10-13-29(28(19-24)37-31(42)23-5-2-1-3-6-23)38-15-17-39(18-16-38)33(44)25-7-4-14-35-21-25/h1-14,19,21,27H,15-18,20H2,(H,36,43)(H,37,42)(H,40,41). The number of nitrogens with zero attached hydrogens (tertiary/aromatic N) is 3. The van der Waals surface area contributed by atoms with Crippen molar-refractivity contribution in [1.82, 2.24) is 15.2 Å². The van der Waals surface area contributed by atoms with Crippen LogP contribution in [0.4, 0.5) is 15.8 Å². The fraction of sp³-hybridized carbons (Fsp3) is 0.182. The van der Waals surface area contributed by atoms with Gasteiger partial charge in [-0.2, -0.15) is 0 Å². The van der Waals surface area contributed by atoms with Gasteiger partial charge in [0.25, 0.3) is 17.7 Å². The molecule has 10 nitrogen and oxygen atoms in total. The molecule has 11 heteroatoms. The fourth-order valence-electron chi connectivity index (χ4n) is 5.02. The molecule has 1 aliphatic heterocycles. The van der Waals surface area contributed by atoms with Crippen LogP contribution in [0.2, 0.25) is 0 Å². The number of carbonyl (C=O) groups excluding carboxylic acids is 3. The maximum absolute atomic E-state index is 13.5. The molecule has 1 aliphatic rings. The third-order valence-electron chi connectivity index (χ3n) is 7.32. The second-order valence-corrected chi connectivity index (χ2v) is 10.2. The number of pyridine rings is 1. The Morgan fingerprint density at radius 2 is 1.52 bits per heavy atom. The molecule has 0 bridgehead atoms. The topological polar surface area (TPSA) is 132 Å². The first-order chi connectivity index (χ1) is 21.3. The largest absolute Gasteiger partial charge is 0.481 e. The quantitative estimate of drug-likeness (QED) is 0.262. The lowest BCUT2D eigenvalue weighted by atomic mass is 10.0. The van der Waals surface area contributed by atoms with Crippen molar-refractivity contribution in [3.05, 3.63) is 125 Å². The predicted octanol–water partition coefficient (Wildman–Crippen LogP) is 4.38. The molecule has 1 aromatic heterocycles. The van der Waals surface area contributed by atoms with Crippen LogP contribution in [0.25, 0.3) is 0 Å². The van der Waals surface area contributed by atoms with E-state index in [1.54, 1.807) is 71.8 Å². The molecule has 3 amide bonds. The van der Waals surface area contributed by atoms with Gasteiger partial charge in [0.2, 0.25) is 0 Å². The van der Waals surface area contributed by atoms with E-state index < -0.39 is 30.2 Å². The molecule has 1 unspecified atom stereocenters. The molecule has 1 atom stereocenters. The molecule has 0 radical (unpaired) electrons. The van der Waals surface area contributed by atoms with Crippen molar-refractivity contribution >= 4 is 35.1 Å². The number of hydrogen-bond donors (Lipinski definition) is 3. The zero-order valence-electron chi connectivity index (χ0n) is 23.7. The molecule has 44 heavy (non-hydrogen) atoms. The monoisotopic (exact) mass is 595 g/mol. The van der Waals surface area contributed by atoms with E-state index >= 15 is 0 Å². The van der Waals surface area contributed by atoms with Crippen LogP contribution in [-0.4, -0.2) is 64.9 Å². The highest BCUT2D eigenvalue weighted by Gasteiger charge is 2.26. The van der Waals surface area contributed by atoms with Crippen LogP contribution in [-0.2, 0) is 4.79 Å². The van der Waals surface area contributed by atoms with Gasteiger partial charge in [-0.05, 0) is 60.2 Å². The fourth-order valence-corrected chi connectivity index (χ4v) is 5.02. The van der Waals surface area contributed by atoms with Crippen LogP contribution < -0.4 is 15.5 Å². The van der Waals surface area contributed by atoms with Crippen LogP contribution in [0.3, 0.4) is 0 Å². The Morgan fingerprint density at radius 3 is 2.18 bits per heavy atom. The van der Waals surface area contributed by atoms with E-state index in [0.717, 1.165) is 0 Å². The number of amides is 3. The van der Waals surface area contributed by atoms with E-state index in [4.69, 9.17) is 0 Å². The summed E-state index contributed by atoms with van der Waals surface area (Å²) in [5, 5.41) is 15.1. The smallest absolute Gasteiger partial charge is 0.305 e. The zero-order chi connectivity index (χ0) is 31.1. The minimum atomic E-state index is -1.13. The lowest BCUT2D eigenvalue weighted by Crippen LogP contribution is -2.49. The van der Waals surface area contributed by atoms with Crippen LogP contribution in [0.1, 0.15) is 49.1 Å². The van der Waals surface area contributed by atoms with Crippen molar-refractivity contribution in [2.45, 2.75) is 12.5 Å². The van der Waals surface area contributed by atoms with Gasteiger partial charge >= 0.3 is 5.97 Å². The number of carboxylic acid groups (broad SMARTS) is 1. The Bertz CT molecular complexity index is 1640. The van der Waals surface area contributed by atoms with Crippen molar-refractivity contribution in [3.8, 4) is 0 Å². The van der Waals surface area contributed by atoms with E-state index in [1.165, 1.54) is 30.5 Å². The van der Waals surface area contributed by atoms with E-state index in [-0.39, 0.29) is 17.4 Å². The van der Waals surface area contributed by atoms with Crippen molar-refractivity contribution in [2.75, 3.05) is 36.4 Å². The molecular formula is C33H30FN5O5. The molecule has 4 aromatic rings.